The van der Waals surface area contributed by atoms with Gasteiger partial charge in [0, 0.05) is 17.9 Å². The fourth-order valence-electron chi connectivity index (χ4n) is 3.62. The second kappa shape index (κ2) is 7.81. The molecule has 1 aromatic carbocycles. The maximum Gasteiger partial charge on any atom is 0.223 e. The summed E-state index contributed by atoms with van der Waals surface area (Å²) in [5.74, 6) is 0.995. The lowest BCUT2D eigenvalue weighted by molar-refractivity contribution is -0.126. The van der Waals surface area contributed by atoms with Crippen molar-refractivity contribution in [2.75, 3.05) is 13.1 Å². The molecule has 1 saturated carbocycles. The van der Waals surface area contributed by atoms with Gasteiger partial charge in [0.1, 0.15) is 0 Å². The van der Waals surface area contributed by atoms with E-state index in [1.54, 1.807) is 0 Å². The van der Waals surface area contributed by atoms with Gasteiger partial charge >= 0.3 is 0 Å². The Labute approximate surface area is 133 Å². The van der Waals surface area contributed by atoms with Crippen LogP contribution in [-0.4, -0.2) is 25.0 Å². The number of nitrogens with one attached hydrogen (secondary N) is 2. The number of piperidine rings is 1. The van der Waals surface area contributed by atoms with Crippen LogP contribution in [0.3, 0.4) is 0 Å². The van der Waals surface area contributed by atoms with Crippen LogP contribution in [0, 0.1) is 5.92 Å². The van der Waals surface area contributed by atoms with Crippen molar-refractivity contribution in [1.29, 1.82) is 0 Å². The predicted octanol–water partition coefficient (Wildman–Crippen LogP) is 2.86. The van der Waals surface area contributed by atoms with Gasteiger partial charge in [-0.1, -0.05) is 36.8 Å². The summed E-state index contributed by atoms with van der Waals surface area (Å²) in [5, 5.41) is 6.65. The fraction of sp³-hybridized carbons (Fsp3) is 0.588. The second-order valence-electron chi connectivity index (χ2n) is 6.09. The van der Waals surface area contributed by atoms with Gasteiger partial charge in [-0.3, -0.25) is 4.79 Å². The third-order valence-electron chi connectivity index (χ3n) is 4.78. The molecule has 1 aliphatic carbocycles. The van der Waals surface area contributed by atoms with E-state index in [2.05, 4.69) is 41.0 Å². The van der Waals surface area contributed by atoms with Crippen LogP contribution in [-0.2, 0) is 4.79 Å². The molecule has 1 aliphatic heterocycles. The van der Waals surface area contributed by atoms with Crippen molar-refractivity contribution in [3.05, 3.63) is 35.9 Å². The Bertz CT molecular complexity index is 445. The zero-order chi connectivity index (χ0) is 13.8. The number of carbonyl (C=O) groups is 1. The minimum Gasteiger partial charge on any atom is -0.353 e. The van der Waals surface area contributed by atoms with E-state index in [1.165, 1.54) is 18.4 Å². The number of halogens is 1. The van der Waals surface area contributed by atoms with E-state index >= 15 is 0 Å². The maximum absolute atomic E-state index is 12.4. The third-order valence-corrected chi connectivity index (χ3v) is 4.78. The average molecular weight is 309 g/mol. The van der Waals surface area contributed by atoms with Crippen molar-refractivity contribution in [2.45, 2.75) is 44.1 Å². The molecular formula is C17H25ClN2O. The minimum atomic E-state index is 0. The molecule has 3 rings (SSSR count). The monoisotopic (exact) mass is 308 g/mol. The molecule has 2 N–H and O–H groups in total. The molecule has 0 aromatic heterocycles. The molecule has 0 bridgehead atoms. The van der Waals surface area contributed by atoms with Gasteiger partial charge in [0.2, 0.25) is 5.91 Å². The quantitative estimate of drug-likeness (QED) is 0.901. The largest absolute Gasteiger partial charge is 0.353 e. The zero-order valence-electron chi connectivity index (χ0n) is 12.4. The first kappa shape index (κ1) is 16.3. The van der Waals surface area contributed by atoms with Gasteiger partial charge < -0.3 is 10.6 Å². The van der Waals surface area contributed by atoms with Crippen LogP contribution in [0.5, 0.6) is 0 Å². The number of carbonyl (C=O) groups excluding carboxylic acids is 1. The molecule has 3 nitrogen and oxygen atoms in total. The Morgan fingerprint density at radius 2 is 1.76 bits per heavy atom. The van der Waals surface area contributed by atoms with Gasteiger partial charge in [0.25, 0.3) is 0 Å². The molecule has 1 aromatic rings. The second-order valence-corrected chi connectivity index (χ2v) is 6.09. The van der Waals surface area contributed by atoms with E-state index in [0.29, 0.717) is 12.0 Å². The van der Waals surface area contributed by atoms with Crippen LogP contribution in [0.15, 0.2) is 30.3 Å². The number of amides is 1. The Morgan fingerprint density at radius 1 is 1.05 bits per heavy atom. The van der Waals surface area contributed by atoms with Crippen LogP contribution in [0.2, 0.25) is 0 Å². The van der Waals surface area contributed by atoms with Crippen LogP contribution in [0.25, 0.3) is 0 Å². The van der Waals surface area contributed by atoms with Gasteiger partial charge in [-0.15, -0.1) is 12.4 Å². The topological polar surface area (TPSA) is 41.1 Å². The van der Waals surface area contributed by atoms with Crippen LogP contribution in [0.1, 0.15) is 43.6 Å². The molecule has 116 valence electrons. The van der Waals surface area contributed by atoms with Crippen molar-refractivity contribution in [2.24, 2.45) is 5.92 Å². The van der Waals surface area contributed by atoms with E-state index in [0.717, 1.165) is 32.4 Å². The highest BCUT2D eigenvalue weighted by atomic mass is 35.5. The normalized spacial score (nSPS) is 26.1. The van der Waals surface area contributed by atoms with E-state index in [4.69, 9.17) is 0 Å². The maximum atomic E-state index is 12.4. The van der Waals surface area contributed by atoms with Gasteiger partial charge in [0.05, 0.1) is 0 Å². The SMILES string of the molecule is Cl.O=C(NC1CCCC1c1ccccc1)C1CCNCC1. The van der Waals surface area contributed by atoms with Crippen LogP contribution >= 0.6 is 12.4 Å². The Morgan fingerprint density at radius 3 is 2.48 bits per heavy atom. The first-order valence-electron chi connectivity index (χ1n) is 7.90. The molecule has 1 saturated heterocycles. The van der Waals surface area contributed by atoms with Crippen LogP contribution in [0.4, 0.5) is 0 Å². The average Bonchev–Trinajstić information content (AvgIpc) is 2.97. The Hall–Kier alpha value is -1.06. The van der Waals surface area contributed by atoms with E-state index in [1.807, 2.05) is 0 Å². The summed E-state index contributed by atoms with van der Waals surface area (Å²) in [7, 11) is 0. The van der Waals surface area contributed by atoms with Gasteiger partial charge in [-0.05, 0) is 44.3 Å². The van der Waals surface area contributed by atoms with Gasteiger partial charge in [-0.25, -0.2) is 0 Å². The molecule has 2 atom stereocenters. The van der Waals surface area contributed by atoms with Crippen molar-refractivity contribution in [3.63, 3.8) is 0 Å². The lowest BCUT2D eigenvalue weighted by Crippen LogP contribution is -2.43. The van der Waals surface area contributed by atoms with E-state index in [9.17, 15) is 4.79 Å². The molecule has 1 amide bonds. The summed E-state index contributed by atoms with van der Waals surface area (Å²) >= 11 is 0. The van der Waals surface area contributed by atoms with Crippen molar-refractivity contribution >= 4 is 18.3 Å². The summed E-state index contributed by atoms with van der Waals surface area (Å²) in [5.41, 5.74) is 1.38. The highest BCUT2D eigenvalue weighted by Gasteiger charge is 2.31. The lowest BCUT2D eigenvalue weighted by atomic mass is 9.92. The summed E-state index contributed by atoms with van der Waals surface area (Å²) in [6.07, 6.45) is 5.50. The molecule has 0 radical (unpaired) electrons. The number of benzene rings is 1. The molecule has 2 fully saturated rings. The highest BCUT2D eigenvalue weighted by Crippen LogP contribution is 2.34. The minimum absolute atomic E-state index is 0. The summed E-state index contributed by atoms with van der Waals surface area (Å²) in [6.45, 7) is 1.95. The molecule has 1 heterocycles. The summed E-state index contributed by atoms with van der Waals surface area (Å²) in [4.78, 5) is 12.4. The number of hydrogen-bond donors (Lipinski definition) is 2. The van der Waals surface area contributed by atoms with Crippen molar-refractivity contribution in [1.82, 2.24) is 10.6 Å². The molecule has 2 aliphatic rings. The standard InChI is InChI=1S/C17H24N2O.ClH/c20-17(14-9-11-18-12-10-14)19-16-8-4-7-15(16)13-5-2-1-3-6-13;/h1-3,5-6,14-16,18H,4,7-12H2,(H,19,20);1H. The molecule has 0 spiro atoms. The fourth-order valence-corrected chi connectivity index (χ4v) is 3.62. The van der Waals surface area contributed by atoms with Crippen LogP contribution < -0.4 is 10.6 Å². The van der Waals surface area contributed by atoms with Gasteiger partial charge in [-0.2, -0.15) is 0 Å². The van der Waals surface area contributed by atoms with E-state index < -0.39 is 0 Å². The van der Waals surface area contributed by atoms with Crippen molar-refractivity contribution < 1.29 is 4.79 Å². The first-order valence-corrected chi connectivity index (χ1v) is 7.90. The Balaban J connectivity index is 0.00000161. The summed E-state index contributed by atoms with van der Waals surface area (Å²) in [6, 6.07) is 11.0. The number of rotatable bonds is 3. The first-order chi connectivity index (χ1) is 9.84. The smallest absolute Gasteiger partial charge is 0.223 e. The lowest BCUT2D eigenvalue weighted by Gasteiger charge is -2.26. The van der Waals surface area contributed by atoms with E-state index in [-0.39, 0.29) is 24.2 Å². The zero-order valence-corrected chi connectivity index (χ0v) is 13.2. The summed E-state index contributed by atoms with van der Waals surface area (Å²) < 4.78 is 0. The molecule has 4 heteroatoms. The van der Waals surface area contributed by atoms with Gasteiger partial charge in [0.15, 0.2) is 0 Å². The third kappa shape index (κ3) is 3.98. The Kier molecular flexibility index (Phi) is 6.07. The predicted molar refractivity (Wildman–Crippen MR) is 87.8 cm³/mol. The highest BCUT2D eigenvalue weighted by molar-refractivity contribution is 5.85. The molecule has 21 heavy (non-hydrogen) atoms. The number of hydrogen-bond acceptors (Lipinski definition) is 2. The van der Waals surface area contributed by atoms with Crippen molar-refractivity contribution in [3.8, 4) is 0 Å². The molecular weight excluding hydrogens is 284 g/mol. The molecule has 2 unspecified atom stereocenters.